The molecular weight excluding hydrogens is 238 g/mol. The SMILES string of the molecule is Cc1c(C)c(C)c(C(=O)NC(C)CCO)c(C)c1C. The molecule has 106 valence electrons. The summed E-state index contributed by atoms with van der Waals surface area (Å²) in [6.07, 6.45) is 0.577. The molecule has 2 N–H and O–H groups in total. The lowest BCUT2D eigenvalue weighted by molar-refractivity contribution is 0.0933. The van der Waals surface area contributed by atoms with E-state index in [0.717, 1.165) is 16.7 Å². The van der Waals surface area contributed by atoms with Gasteiger partial charge in [-0.25, -0.2) is 0 Å². The lowest BCUT2D eigenvalue weighted by atomic mass is 9.89. The van der Waals surface area contributed by atoms with Crippen molar-refractivity contribution in [2.75, 3.05) is 6.61 Å². The standard InChI is InChI=1S/C16H25NO2/c1-9(7-8-18)17-16(19)15-13(5)11(3)10(2)12(4)14(15)6/h9,18H,7-8H2,1-6H3,(H,17,19). The number of benzene rings is 1. The number of rotatable bonds is 4. The van der Waals surface area contributed by atoms with Crippen LogP contribution in [0.3, 0.4) is 0 Å². The summed E-state index contributed by atoms with van der Waals surface area (Å²) < 4.78 is 0. The van der Waals surface area contributed by atoms with E-state index in [0.29, 0.717) is 6.42 Å². The number of aliphatic hydroxyl groups is 1. The largest absolute Gasteiger partial charge is 0.396 e. The predicted molar refractivity (Wildman–Crippen MR) is 78.8 cm³/mol. The topological polar surface area (TPSA) is 49.3 Å². The minimum atomic E-state index is -0.0397. The first-order valence-corrected chi connectivity index (χ1v) is 6.79. The average molecular weight is 263 g/mol. The summed E-state index contributed by atoms with van der Waals surface area (Å²) in [7, 11) is 0. The highest BCUT2D eigenvalue weighted by molar-refractivity contribution is 5.98. The Morgan fingerprint density at radius 3 is 1.84 bits per heavy atom. The monoisotopic (exact) mass is 263 g/mol. The smallest absolute Gasteiger partial charge is 0.252 e. The number of hydrogen-bond donors (Lipinski definition) is 2. The highest BCUT2D eigenvalue weighted by Crippen LogP contribution is 2.26. The van der Waals surface area contributed by atoms with E-state index in [-0.39, 0.29) is 18.6 Å². The predicted octanol–water partition coefficient (Wildman–Crippen LogP) is 2.73. The van der Waals surface area contributed by atoms with Crippen LogP contribution in [0, 0.1) is 34.6 Å². The second-order valence-electron chi connectivity index (χ2n) is 5.39. The van der Waals surface area contributed by atoms with Gasteiger partial charge in [-0.1, -0.05) is 0 Å². The first-order valence-electron chi connectivity index (χ1n) is 6.79. The molecule has 0 saturated heterocycles. The maximum atomic E-state index is 12.4. The number of carbonyl (C=O) groups is 1. The summed E-state index contributed by atoms with van der Waals surface area (Å²) in [5.41, 5.74) is 6.51. The molecule has 0 saturated carbocycles. The van der Waals surface area contributed by atoms with Crippen LogP contribution in [-0.2, 0) is 0 Å². The Morgan fingerprint density at radius 1 is 1.00 bits per heavy atom. The Morgan fingerprint density at radius 2 is 1.42 bits per heavy atom. The fourth-order valence-corrected chi connectivity index (χ4v) is 2.40. The Kier molecular flexibility index (Phi) is 5.12. The third-order valence-corrected chi connectivity index (χ3v) is 4.17. The van der Waals surface area contributed by atoms with Crippen molar-refractivity contribution in [3.63, 3.8) is 0 Å². The van der Waals surface area contributed by atoms with E-state index in [1.807, 2.05) is 20.8 Å². The van der Waals surface area contributed by atoms with E-state index in [9.17, 15) is 4.79 Å². The molecule has 1 amide bonds. The van der Waals surface area contributed by atoms with E-state index in [1.165, 1.54) is 16.7 Å². The molecule has 0 heterocycles. The molecule has 0 aliphatic heterocycles. The molecule has 1 rings (SSSR count). The summed E-state index contributed by atoms with van der Waals surface area (Å²) in [5.74, 6) is -0.0397. The van der Waals surface area contributed by atoms with Crippen LogP contribution < -0.4 is 5.32 Å². The number of aliphatic hydroxyl groups excluding tert-OH is 1. The zero-order valence-electron chi connectivity index (χ0n) is 12.8. The minimum Gasteiger partial charge on any atom is -0.396 e. The molecule has 3 heteroatoms. The average Bonchev–Trinajstić information content (AvgIpc) is 2.34. The quantitative estimate of drug-likeness (QED) is 0.877. The second-order valence-corrected chi connectivity index (χ2v) is 5.39. The van der Waals surface area contributed by atoms with Gasteiger partial charge >= 0.3 is 0 Å². The third-order valence-electron chi connectivity index (χ3n) is 4.17. The molecule has 0 bridgehead atoms. The van der Waals surface area contributed by atoms with Crippen LogP contribution in [0.2, 0.25) is 0 Å². The van der Waals surface area contributed by atoms with Gasteiger partial charge in [0.2, 0.25) is 0 Å². The van der Waals surface area contributed by atoms with Gasteiger partial charge in [0.1, 0.15) is 0 Å². The van der Waals surface area contributed by atoms with Gasteiger partial charge in [-0.05, 0) is 75.8 Å². The summed E-state index contributed by atoms with van der Waals surface area (Å²) in [6, 6.07) is -0.0155. The van der Waals surface area contributed by atoms with Crippen molar-refractivity contribution in [1.82, 2.24) is 5.32 Å². The first kappa shape index (κ1) is 15.7. The zero-order valence-corrected chi connectivity index (χ0v) is 12.8. The van der Waals surface area contributed by atoms with Crippen molar-refractivity contribution in [2.24, 2.45) is 0 Å². The molecule has 1 aromatic rings. The molecule has 1 unspecified atom stereocenters. The third kappa shape index (κ3) is 3.16. The summed E-state index contributed by atoms with van der Waals surface area (Å²) >= 11 is 0. The summed E-state index contributed by atoms with van der Waals surface area (Å²) in [6.45, 7) is 12.2. The molecule has 1 aromatic carbocycles. The van der Waals surface area contributed by atoms with Gasteiger partial charge < -0.3 is 10.4 Å². The number of nitrogens with one attached hydrogen (secondary N) is 1. The van der Waals surface area contributed by atoms with Gasteiger partial charge in [-0.2, -0.15) is 0 Å². The van der Waals surface area contributed by atoms with Gasteiger partial charge in [0.05, 0.1) is 0 Å². The van der Waals surface area contributed by atoms with E-state index >= 15 is 0 Å². The van der Waals surface area contributed by atoms with Gasteiger partial charge in [0.25, 0.3) is 5.91 Å². The van der Waals surface area contributed by atoms with Crippen LogP contribution in [0.4, 0.5) is 0 Å². The van der Waals surface area contributed by atoms with Crippen LogP contribution in [0.1, 0.15) is 51.5 Å². The number of carbonyl (C=O) groups excluding carboxylic acids is 1. The van der Waals surface area contributed by atoms with Crippen molar-refractivity contribution in [3.8, 4) is 0 Å². The Hall–Kier alpha value is -1.35. The van der Waals surface area contributed by atoms with Gasteiger partial charge in [0, 0.05) is 18.2 Å². The lowest BCUT2D eigenvalue weighted by Gasteiger charge is -2.20. The normalized spacial score (nSPS) is 12.4. The Labute approximate surface area is 116 Å². The molecule has 0 radical (unpaired) electrons. The maximum Gasteiger partial charge on any atom is 0.252 e. The van der Waals surface area contributed by atoms with Gasteiger partial charge in [-0.3, -0.25) is 4.79 Å². The van der Waals surface area contributed by atoms with Crippen molar-refractivity contribution in [3.05, 3.63) is 33.4 Å². The Bertz CT molecular complexity index is 463. The van der Waals surface area contributed by atoms with Gasteiger partial charge in [0.15, 0.2) is 0 Å². The molecular formula is C16H25NO2. The maximum absolute atomic E-state index is 12.4. The molecule has 3 nitrogen and oxygen atoms in total. The molecule has 0 aromatic heterocycles. The zero-order chi connectivity index (χ0) is 14.7. The van der Waals surface area contributed by atoms with Gasteiger partial charge in [-0.15, -0.1) is 0 Å². The highest BCUT2D eigenvalue weighted by Gasteiger charge is 2.19. The molecule has 0 spiro atoms. The molecule has 1 atom stereocenters. The van der Waals surface area contributed by atoms with E-state index in [4.69, 9.17) is 5.11 Å². The molecule has 0 fully saturated rings. The van der Waals surface area contributed by atoms with Crippen LogP contribution in [0.25, 0.3) is 0 Å². The van der Waals surface area contributed by atoms with E-state index in [2.05, 4.69) is 26.1 Å². The van der Waals surface area contributed by atoms with Crippen molar-refractivity contribution >= 4 is 5.91 Å². The van der Waals surface area contributed by atoms with Crippen LogP contribution >= 0.6 is 0 Å². The van der Waals surface area contributed by atoms with Crippen molar-refractivity contribution in [2.45, 2.75) is 54.0 Å². The van der Waals surface area contributed by atoms with Crippen LogP contribution in [0.15, 0.2) is 0 Å². The Balaban J connectivity index is 3.17. The second kappa shape index (κ2) is 6.20. The first-order chi connectivity index (χ1) is 8.81. The number of amides is 1. The highest BCUT2D eigenvalue weighted by atomic mass is 16.3. The van der Waals surface area contributed by atoms with E-state index in [1.54, 1.807) is 0 Å². The molecule has 0 aliphatic carbocycles. The van der Waals surface area contributed by atoms with Crippen LogP contribution in [0.5, 0.6) is 0 Å². The molecule has 19 heavy (non-hydrogen) atoms. The lowest BCUT2D eigenvalue weighted by Crippen LogP contribution is -2.34. The summed E-state index contributed by atoms with van der Waals surface area (Å²) in [4.78, 5) is 12.4. The molecule has 0 aliphatic rings. The van der Waals surface area contributed by atoms with Crippen molar-refractivity contribution < 1.29 is 9.90 Å². The number of hydrogen-bond acceptors (Lipinski definition) is 2. The summed E-state index contributed by atoms with van der Waals surface area (Å²) in [5, 5.41) is 11.9. The fraction of sp³-hybridized carbons (Fsp3) is 0.562. The van der Waals surface area contributed by atoms with Crippen LogP contribution in [-0.4, -0.2) is 23.7 Å². The minimum absolute atomic E-state index is 0.0155. The van der Waals surface area contributed by atoms with E-state index < -0.39 is 0 Å². The van der Waals surface area contributed by atoms with Crippen molar-refractivity contribution in [1.29, 1.82) is 0 Å². The fourth-order valence-electron chi connectivity index (χ4n) is 2.40.